The van der Waals surface area contributed by atoms with Gasteiger partial charge in [-0.25, -0.2) is 0 Å². The Labute approximate surface area is 152 Å². The molecule has 0 bridgehead atoms. The van der Waals surface area contributed by atoms with Crippen molar-refractivity contribution >= 4 is 17.3 Å². The summed E-state index contributed by atoms with van der Waals surface area (Å²) in [5, 5.41) is 0. The number of Topliss-reactive ketones (excluding diaryl/α,β-unsaturated/α-hetero) is 2. The first-order valence-corrected chi connectivity index (χ1v) is 8.42. The molecule has 0 spiro atoms. The van der Waals surface area contributed by atoms with Crippen LogP contribution in [0.15, 0.2) is 36.4 Å². The number of hydrogen-bond acceptors (Lipinski definition) is 5. The summed E-state index contributed by atoms with van der Waals surface area (Å²) in [6, 6.07) is 10.0. The Morgan fingerprint density at radius 2 is 1.04 bits per heavy atom. The molecule has 2 aromatic rings. The van der Waals surface area contributed by atoms with E-state index >= 15 is 0 Å². The topological polar surface area (TPSA) is 103 Å². The number of carbonyl (C=O) groups is 3. The van der Waals surface area contributed by atoms with Gasteiger partial charge in [-0.1, -0.05) is 24.3 Å². The van der Waals surface area contributed by atoms with Crippen molar-refractivity contribution in [2.45, 2.75) is 38.8 Å². The summed E-state index contributed by atoms with van der Waals surface area (Å²) in [6.45, 7) is 6.52. The minimum absolute atomic E-state index is 0.205. The molecule has 0 aromatic heterocycles. The van der Waals surface area contributed by atoms with Gasteiger partial charge in [0.15, 0.2) is 17.3 Å². The molecule has 0 unspecified atom stereocenters. The zero-order valence-corrected chi connectivity index (χ0v) is 15.3. The molecule has 2 aromatic carbocycles. The van der Waals surface area contributed by atoms with E-state index in [0.29, 0.717) is 22.3 Å². The zero-order valence-electron chi connectivity index (χ0n) is 15.3. The standard InChI is InChI=1S/C21H22N2O3/c1-20(2,22)18(25)11-5-7-13-14-8-6-12(19(26)21(3,4)23)10-16(14)17(24)15(13)9-11/h5-10H,22-23H2,1-4H3. The lowest BCUT2D eigenvalue weighted by molar-refractivity contribution is 0.0907. The van der Waals surface area contributed by atoms with Gasteiger partial charge < -0.3 is 11.5 Å². The van der Waals surface area contributed by atoms with Gasteiger partial charge in [-0.3, -0.25) is 14.4 Å². The lowest BCUT2D eigenvalue weighted by Gasteiger charge is -2.17. The first-order valence-electron chi connectivity index (χ1n) is 8.42. The van der Waals surface area contributed by atoms with Gasteiger partial charge in [0.1, 0.15) is 0 Å². The van der Waals surface area contributed by atoms with E-state index in [1.54, 1.807) is 64.1 Å². The van der Waals surface area contributed by atoms with Crippen LogP contribution in [0.2, 0.25) is 0 Å². The summed E-state index contributed by atoms with van der Waals surface area (Å²) in [5.41, 5.74) is 12.9. The maximum absolute atomic E-state index is 12.9. The summed E-state index contributed by atoms with van der Waals surface area (Å²) >= 11 is 0. The maximum atomic E-state index is 12.9. The molecule has 4 N–H and O–H groups in total. The van der Waals surface area contributed by atoms with Crippen LogP contribution in [0.5, 0.6) is 0 Å². The van der Waals surface area contributed by atoms with Crippen LogP contribution >= 0.6 is 0 Å². The van der Waals surface area contributed by atoms with Gasteiger partial charge in [0.2, 0.25) is 0 Å². The normalized spacial score (nSPS) is 13.4. The van der Waals surface area contributed by atoms with Crippen LogP contribution < -0.4 is 11.5 Å². The molecule has 5 heteroatoms. The second-order valence-corrected chi connectivity index (χ2v) is 7.95. The Morgan fingerprint density at radius 1 is 0.692 bits per heavy atom. The molecule has 0 saturated carbocycles. The van der Waals surface area contributed by atoms with Crippen molar-refractivity contribution in [3.8, 4) is 11.1 Å². The van der Waals surface area contributed by atoms with E-state index in [1.807, 2.05) is 0 Å². The number of carbonyl (C=O) groups excluding carboxylic acids is 3. The van der Waals surface area contributed by atoms with Gasteiger partial charge in [-0.15, -0.1) is 0 Å². The summed E-state index contributed by atoms with van der Waals surface area (Å²) in [7, 11) is 0. The number of hydrogen-bond donors (Lipinski definition) is 2. The smallest absolute Gasteiger partial charge is 0.194 e. The largest absolute Gasteiger partial charge is 0.319 e. The van der Waals surface area contributed by atoms with Crippen LogP contribution in [0.3, 0.4) is 0 Å². The zero-order chi connectivity index (χ0) is 19.4. The minimum atomic E-state index is -1.02. The first kappa shape index (κ1) is 18.2. The number of rotatable bonds is 4. The van der Waals surface area contributed by atoms with Crippen molar-refractivity contribution in [3.63, 3.8) is 0 Å². The molecule has 3 rings (SSSR count). The molecule has 5 nitrogen and oxygen atoms in total. The molecular weight excluding hydrogens is 328 g/mol. The van der Waals surface area contributed by atoms with Crippen molar-refractivity contribution in [3.05, 3.63) is 58.7 Å². The highest BCUT2D eigenvalue weighted by atomic mass is 16.1. The van der Waals surface area contributed by atoms with E-state index in [0.717, 1.165) is 11.1 Å². The van der Waals surface area contributed by atoms with Gasteiger partial charge >= 0.3 is 0 Å². The highest BCUT2D eigenvalue weighted by Crippen LogP contribution is 2.38. The second kappa shape index (κ2) is 5.69. The van der Waals surface area contributed by atoms with E-state index in [-0.39, 0.29) is 17.3 Å². The molecule has 0 atom stereocenters. The Balaban J connectivity index is 2.07. The van der Waals surface area contributed by atoms with Crippen molar-refractivity contribution in [1.82, 2.24) is 0 Å². The van der Waals surface area contributed by atoms with E-state index < -0.39 is 11.1 Å². The van der Waals surface area contributed by atoms with Crippen molar-refractivity contribution in [2.24, 2.45) is 11.5 Å². The predicted octanol–water partition coefficient (Wildman–Crippen LogP) is 2.74. The van der Waals surface area contributed by atoms with Crippen molar-refractivity contribution in [1.29, 1.82) is 0 Å². The monoisotopic (exact) mass is 350 g/mol. The molecular formula is C21H22N2O3. The SMILES string of the molecule is CC(C)(N)C(=O)c1ccc2c(c1)C(=O)c1cc(C(=O)C(C)(C)N)ccc1-2. The van der Waals surface area contributed by atoms with Crippen molar-refractivity contribution < 1.29 is 14.4 Å². The second-order valence-electron chi connectivity index (χ2n) is 7.95. The first-order chi connectivity index (χ1) is 11.9. The van der Waals surface area contributed by atoms with E-state index in [9.17, 15) is 14.4 Å². The molecule has 1 aliphatic carbocycles. The highest BCUT2D eigenvalue weighted by Gasteiger charge is 2.32. The molecule has 134 valence electrons. The summed E-state index contributed by atoms with van der Waals surface area (Å²) in [5.74, 6) is -0.668. The fraction of sp³-hybridized carbons (Fsp3) is 0.286. The Morgan fingerprint density at radius 3 is 1.35 bits per heavy atom. The van der Waals surface area contributed by atoms with Gasteiger partial charge in [-0.05, 0) is 51.0 Å². The molecule has 0 amide bonds. The van der Waals surface area contributed by atoms with Gasteiger partial charge in [-0.2, -0.15) is 0 Å². The third kappa shape index (κ3) is 2.89. The summed E-state index contributed by atoms with van der Waals surface area (Å²) < 4.78 is 0. The van der Waals surface area contributed by atoms with Gasteiger partial charge in [0, 0.05) is 22.3 Å². The molecule has 0 radical (unpaired) electrons. The number of ketones is 3. The fourth-order valence-corrected chi connectivity index (χ4v) is 3.11. The molecule has 0 heterocycles. The van der Waals surface area contributed by atoms with Crippen LogP contribution in [0.1, 0.15) is 64.3 Å². The Hall–Kier alpha value is -2.63. The minimum Gasteiger partial charge on any atom is -0.319 e. The molecule has 0 aliphatic heterocycles. The highest BCUT2D eigenvalue weighted by molar-refractivity contribution is 6.23. The van der Waals surface area contributed by atoms with Gasteiger partial charge in [0.25, 0.3) is 0 Å². The van der Waals surface area contributed by atoms with Crippen LogP contribution in [0, 0.1) is 0 Å². The van der Waals surface area contributed by atoms with Crippen LogP contribution in [-0.4, -0.2) is 28.4 Å². The van der Waals surface area contributed by atoms with E-state index in [4.69, 9.17) is 11.5 Å². The third-order valence-electron chi connectivity index (χ3n) is 4.51. The molecule has 0 fully saturated rings. The maximum Gasteiger partial charge on any atom is 0.194 e. The van der Waals surface area contributed by atoms with Crippen molar-refractivity contribution in [2.75, 3.05) is 0 Å². The van der Waals surface area contributed by atoms with E-state index in [2.05, 4.69) is 0 Å². The lowest BCUT2D eigenvalue weighted by atomic mass is 9.91. The predicted molar refractivity (Wildman–Crippen MR) is 101 cm³/mol. The molecule has 1 aliphatic rings. The third-order valence-corrected chi connectivity index (χ3v) is 4.51. The average Bonchev–Trinajstić information content (AvgIpc) is 2.83. The van der Waals surface area contributed by atoms with Crippen LogP contribution in [-0.2, 0) is 0 Å². The lowest BCUT2D eigenvalue weighted by Crippen LogP contribution is -2.41. The summed E-state index contributed by atoms with van der Waals surface area (Å²) in [4.78, 5) is 37.7. The number of fused-ring (bicyclic) bond motifs is 3. The Bertz CT molecular complexity index is 883. The summed E-state index contributed by atoms with van der Waals surface area (Å²) in [6.07, 6.45) is 0. The number of benzene rings is 2. The molecule has 0 saturated heterocycles. The molecule has 26 heavy (non-hydrogen) atoms. The fourth-order valence-electron chi connectivity index (χ4n) is 3.11. The van der Waals surface area contributed by atoms with Gasteiger partial charge in [0.05, 0.1) is 11.1 Å². The van der Waals surface area contributed by atoms with Crippen LogP contribution in [0.4, 0.5) is 0 Å². The quantitative estimate of drug-likeness (QED) is 0.704. The van der Waals surface area contributed by atoms with Crippen LogP contribution in [0.25, 0.3) is 11.1 Å². The average molecular weight is 350 g/mol. The number of nitrogens with two attached hydrogens (primary N) is 2. The van der Waals surface area contributed by atoms with E-state index in [1.165, 1.54) is 0 Å². The Kier molecular flexibility index (Phi) is 3.98.